The van der Waals surface area contributed by atoms with Gasteiger partial charge in [0.25, 0.3) is 0 Å². The maximum atomic E-state index is 12.1. The molecule has 0 radical (unpaired) electrons. The van der Waals surface area contributed by atoms with Gasteiger partial charge in [0.2, 0.25) is 0 Å². The van der Waals surface area contributed by atoms with Crippen molar-refractivity contribution in [3.05, 3.63) is 0 Å². The first-order valence-electron chi connectivity index (χ1n) is 7.01. The van der Waals surface area contributed by atoms with Crippen LogP contribution < -0.4 is 5.32 Å². The molecule has 2 amide bonds. The maximum Gasteiger partial charge on any atom is 0.326 e. The van der Waals surface area contributed by atoms with Crippen LogP contribution in [-0.4, -0.2) is 52.3 Å². The van der Waals surface area contributed by atoms with Crippen molar-refractivity contribution in [2.45, 2.75) is 57.5 Å². The number of aliphatic hydroxyl groups excluding tert-OH is 1. The van der Waals surface area contributed by atoms with Gasteiger partial charge in [-0.3, -0.25) is 0 Å². The summed E-state index contributed by atoms with van der Waals surface area (Å²) in [5, 5.41) is 20.5. The summed E-state index contributed by atoms with van der Waals surface area (Å²) in [5.41, 5.74) is 0. The van der Waals surface area contributed by atoms with Crippen LogP contribution in [0.25, 0.3) is 0 Å². The van der Waals surface area contributed by atoms with Gasteiger partial charge in [-0.2, -0.15) is 0 Å². The SMILES string of the molecule is CCC[C@@H](NC(=O)N1CCCC1CCCO)C(=O)O. The van der Waals surface area contributed by atoms with Gasteiger partial charge in [0.15, 0.2) is 0 Å². The number of aliphatic carboxylic acids is 1. The summed E-state index contributed by atoms with van der Waals surface area (Å²) in [6.45, 7) is 2.68. The highest BCUT2D eigenvalue weighted by Crippen LogP contribution is 2.21. The van der Waals surface area contributed by atoms with Crippen LogP contribution in [0.15, 0.2) is 0 Å². The third-order valence-electron chi connectivity index (χ3n) is 3.51. The van der Waals surface area contributed by atoms with Gasteiger partial charge in [-0.25, -0.2) is 9.59 Å². The molecule has 1 unspecified atom stereocenters. The largest absolute Gasteiger partial charge is 0.480 e. The molecular weight excluding hydrogens is 248 g/mol. The predicted molar refractivity (Wildman–Crippen MR) is 70.9 cm³/mol. The van der Waals surface area contributed by atoms with Crippen LogP contribution in [0, 0.1) is 0 Å². The number of likely N-dealkylation sites (tertiary alicyclic amines) is 1. The minimum absolute atomic E-state index is 0.125. The number of hydrogen-bond donors (Lipinski definition) is 3. The van der Waals surface area contributed by atoms with E-state index in [0.29, 0.717) is 25.8 Å². The second-order valence-electron chi connectivity index (χ2n) is 4.98. The van der Waals surface area contributed by atoms with Gasteiger partial charge in [-0.15, -0.1) is 0 Å². The lowest BCUT2D eigenvalue weighted by Crippen LogP contribution is -2.49. The molecule has 6 nitrogen and oxygen atoms in total. The first kappa shape index (κ1) is 15.8. The first-order valence-corrected chi connectivity index (χ1v) is 7.01. The zero-order valence-electron chi connectivity index (χ0n) is 11.5. The highest BCUT2D eigenvalue weighted by atomic mass is 16.4. The van der Waals surface area contributed by atoms with Gasteiger partial charge < -0.3 is 20.4 Å². The third-order valence-corrected chi connectivity index (χ3v) is 3.51. The lowest BCUT2D eigenvalue weighted by molar-refractivity contribution is -0.139. The average molecular weight is 272 g/mol. The predicted octanol–water partition coefficient (Wildman–Crippen LogP) is 1.19. The average Bonchev–Trinajstić information content (AvgIpc) is 2.83. The maximum absolute atomic E-state index is 12.1. The second-order valence-corrected chi connectivity index (χ2v) is 4.98. The summed E-state index contributed by atoms with van der Waals surface area (Å²) in [6, 6.07) is -0.971. The molecule has 6 heteroatoms. The van der Waals surface area contributed by atoms with Crippen molar-refractivity contribution in [1.82, 2.24) is 10.2 Å². The van der Waals surface area contributed by atoms with Crippen LogP contribution >= 0.6 is 0 Å². The number of rotatable bonds is 7. The number of carbonyl (C=O) groups is 2. The summed E-state index contributed by atoms with van der Waals surface area (Å²) < 4.78 is 0. The van der Waals surface area contributed by atoms with Gasteiger partial charge in [0.1, 0.15) is 6.04 Å². The molecule has 1 aliphatic heterocycles. The zero-order chi connectivity index (χ0) is 14.3. The molecule has 110 valence electrons. The number of hydrogen-bond acceptors (Lipinski definition) is 3. The van der Waals surface area contributed by atoms with E-state index in [1.807, 2.05) is 6.92 Å². The smallest absolute Gasteiger partial charge is 0.326 e. The minimum Gasteiger partial charge on any atom is -0.480 e. The Morgan fingerprint density at radius 2 is 2.21 bits per heavy atom. The molecule has 3 N–H and O–H groups in total. The summed E-state index contributed by atoms with van der Waals surface area (Å²) in [4.78, 5) is 24.8. The number of carboxylic acids is 1. The van der Waals surface area contributed by atoms with Crippen molar-refractivity contribution in [2.24, 2.45) is 0 Å². The first-order chi connectivity index (χ1) is 9.10. The van der Waals surface area contributed by atoms with E-state index in [9.17, 15) is 9.59 Å². The Balaban J connectivity index is 2.52. The van der Waals surface area contributed by atoms with E-state index < -0.39 is 12.0 Å². The van der Waals surface area contributed by atoms with E-state index in [0.717, 1.165) is 19.3 Å². The number of amides is 2. The van der Waals surface area contributed by atoms with E-state index in [4.69, 9.17) is 10.2 Å². The Bertz CT molecular complexity index is 309. The van der Waals surface area contributed by atoms with Crippen molar-refractivity contribution in [3.8, 4) is 0 Å². The molecule has 19 heavy (non-hydrogen) atoms. The topological polar surface area (TPSA) is 89.9 Å². The molecule has 0 aromatic rings. The van der Waals surface area contributed by atoms with Crippen molar-refractivity contribution >= 4 is 12.0 Å². The van der Waals surface area contributed by atoms with E-state index in [1.165, 1.54) is 0 Å². The standard InChI is InChI=1S/C13H24N2O4/c1-2-5-11(12(17)18)14-13(19)15-8-3-6-10(15)7-4-9-16/h10-11,16H,2-9H2,1H3,(H,14,19)(H,17,18)/t10?,11-/m1/s1. The Labute approximate surface area is 113 Å². The van der Waals surface area contributed by atoms with Gasteiger partial charge >= 0.3 is 12.0 Å². The van der Waals surface area contributed by atoms with Crippen LogP contribution in [0.5, 0.6) is 0 Å². The monoisotopic (exact) mass is 272 g/mol. The number of carboxylic acid groups (broad SMARTS) is 1. The second kappa shape index (κ2) is 7.99. The van der Waals surface area contributed by atoms with Crippen molar-refractivity contribution < 1.29 is 19.8 Å². The van der Waals surface area contributed by atoms with Gasteiger partial charge in [-0.05, 0) is 32.1 Å². The molecule has 1 saturated heterocycles. The highest BCUT2D eigenvalue weighted by molar-refractivity contribution is 5.82. The van der Waals surface area contributed by atoms with E-state index in [1.54, 1.807) is 4.90 Å². The van der Waals surface area contributed by atoms with Crippen molar-refractivity contribution in [1.29, 1.82) is 0 Å². The minimum atomic E-state index is -0.985. The zero-order valence-corrected chi connectivity index (χ0v) is 11.5. The Morgan fingerprint density at radius 1 is 1.47 bits per heavy atom. The quantitative estimate of drug-likeness (QED) is 0.649. The molecule has 1 fully saturated rings. The number of aliphatic hydroxyl groups is 1. The van der Waals surface area contributed by atoms with Crippen molar-refractivity contribution in [3.63, 3.8) is 0 Å². The molecular formula is C13H24N2O4. The van der Waals surface area contributed by atoms with Crippen LogP contribution in [0.3, 0.4) is 0 Å². The third kappa shape index (κ3) is 4.70. The lowest BCUT2D eigenvalue weighted by Gasteiger charge is -2.26. The molecule has 2 atom stereocenters. The highest BCUT2D eigenvalue weighted by Gasteiger charge is 2.30. The Hall–Kier alpha value is -1.30. The summed E-state index contributed by atoms with van der Waals surface area (Å²) in [5.74, 6) is -0.985. The van der Waals surface area contributed by atoms with E-state index in [-0.39, 0.29) is 18.7 Å². The number of nitrogens with one attached hydrogen (secondary N) is 1. The van der Waals surface area contributed by atoms with Gasteiger partial charge in [0.05, 0.1) is 0 Å². The van der Waals surface area contributed by atoms with Crippen LogP contribution in [0.2, 0.25) is 0 Å². The van der Waals surface area contributed by atoms with Crippen molar-refractivity contribution in [2.75, 3.05) is 13.2 Å². The van der Waals surface area contributed by atoms with Gasteiger partial charge in [0, 0.05) is 19.2 Å². The molecule has 0 spiro atoms. The van der Waals surface area contributed by atoms with Gasteiger partial charge in [-0.1, -0.05) is 13.3 Å². The number of carbonyl (C=O) groups excluding carboxylic acids is 1. The molecule has 0 aromatic carbocycles. The Kier molecular flexibility index (Phi) is 6.62. The number of urea groups is 1. The van der Waals surface area contributed by atoms with Crippen LogP contribution in [0.4, 0.5) is 4.79 Å². The lowest BCUT2D eigenvalue weighted by atomic mass is 10.1. The van der Waals surface area contributed by atoms with Crippen LogP contribution in [0.1, 0.15) is 45.4 Å². The molecule has 1 aliphatic rings. The fourth-order valence-corrected chi connectivity index (χ4v) is 2.51. The molecule has 0 bridgehead atoms. The molecule has 0 aromatic heterocycles. The molecule has 1 rings (SSSR count). The fraction of sp³-hybridized carbons (Fsp3) is 0.846. The van der Waals surface area contributed by atoms with Crippen LogP contribution in [-0.2, 0) is 4.79 Å². The fourth-order valence-electron chi connectivity index (χ4n) is 2.51. The molecule has 0 saturated carbocycles. The molecule has 1 heterocycles. The number of nitrogens with zero attached hydrogens (tertiary/aromatic N) is 1. The van der Waals surface area contributed by atoms with E-state index >= 15 is 0 Å². The summed E-state index contributed by atoms with van der Waals surface area (Å²) >= 11 is 0. The summed E-state index contributed by atoms with van der Waals surface area (Å²) in [6.07, 6.45) is 4.47. The molecule has 0 aliphatic carbocycles. The van der Waals surface area contributed by atoms with E-state index in [2.05, 4.69) is 5.32 Å². The normalized spacial score (nSPS) is 20.3. The summed E-state index contributed by atoms with van der Waals surface area (Å²) in [7, 11) is 0. The Morgan fingerprint density at radius 3 is 2.79 bits per heavy atom.